The highest BCUT2D eigenvalue weighted by Crippen LogP contribution is 2.21. The minimum Gasteiger partial charge on any atom is -0.366 e. The van der Waals surface area contributed by atoms with Gasteiger partial charge in [-0.3, -0.25) is 4.90 Å². The van der Waals surface area contributed by atoms with Gasteiger partial charge in [0.05, 0.1) is 12.1 Å². The lowest BCUT2D eigenvalue weighted by molar-refractivity contribution is 0.323. The Labute approximate surface area is 119 Å². The van der Waals surface area contributed by atoms with Gasteiger partial charge in [-0.15, -0.1) is 6.58 Å². The molecular formula is C16H20N4. The predicted molar refractivity (Wildman–Crippen MR) is 82.7 cm³/mol. The number of para-hydroxylation sites is 1. The van der Waals surface area contributed by atoms with Gasteiger partial charge >= 0.3 is 0 Å². The Balaban J connectivity index is 1.93. The number of anilines is 1. The quantitative estimate of drug-likeness (QED) is 0.847. The summed E-state index contributed by atoms with van der Waals surface area (Å²) in [5.41, 5.74) is 1.00. The molecule has 1 aliphatic rings. The van der Waals surface area contributed by atoms with Gasteiger partial charge in [0.15, 0.2) is 0 Å². The Kier molecular flexibility index (Phi) is 3.92. The number of benzene rings is 1. The Morgan fingerprint density at radius 3 is 2.80 bits per heavy atom. The van der Waals surface area contributed by atoms with Crippen LogP contribution in [-0.4, -0.2) is 34.5 Å². The fourth-order valence-electron chi connectivity index (χ4n) is 2.64. The van der Waals surface area contributed by atoms with Crippen LogP contribution in [0, 0.1) is 0 Å². The van der Waals surface area contributed by atoms with E-state index in [1.807, 2.05) is 24.3 Å². The largest absolute Gasteiger partial charge is 0.366 e. The standard InChI is InChI=1S/C16H20N4/c1-2-9-17-16-13-7-3-4-8-14(13)18-15(19-16)12-20-10-5-6-11-20/h2-4,7-8H,1,5-6,9-12H2,(H,17,18,19). The second-order valence-corrected chi connectivity index (χ2v) is 5.16. The number of hydrogen-bond donors (Lipinski definition) is 1. The summed E-state index contributed by atoms with van der Waals surface area (Å²) in [5, 5.41) is 4.38. The summed E-state index contributed by atoms with van der Waals surface area (Å²) in [5.74, 6) is 1.81. The summed E-state index contributed by atoms with van der Waals surface area (Å²) in [6.45, 7) is 7.62. The zero-order valence-corrected chi connectivity index (χ0v) is 11.7. The van der Waals surface area contributed by atoms with E-state index in [1.54, 1.807) is 0 Å². The molecule has 0 spiro atoms. The molecule has 0 atom stereocenters. The number of aromatic nitrogens is 2. The fourth-order valence-corrected chi connectivity index (χ4v) is 2.64. The van der Waals surface area contributed by atoms with Gasteiger partial charge in [0.25, 0.3) is 0 Å². The van der Waals surface area contributed by atoms with Crippen LogP contribution in [-0.2, 0) is 6.54 Å². The van der Waals surface area contributed by atoms with Crippen LogP contribution in [0.5, 0.6) is 0 Å². The van der Waals surface area contributed by atoms with Gasteiger partial charge in [0.1, 0.15) is 11.6 Å². The molecule has 1 fully saturated rings. The number of nitrogens with one attached hydrogen (secondary N) is 1. The van der Waals surface area contributed by atoms with Crippen LogP contribution in [0.15, 0.2) is 36.9 Å². The molecule has 0 radical (unpaired) electrons. The third-order valence-electron chi connectivity index (χ3n) is 3.63. The lowest BCUT2D eigenvalue weighted by Gasteiger charge is -2.15. The van der Waals surface area contributed by atoms with Crippen LogP contribution in [0.1, 0.15) is 18.7 Å². The molecule has 2 aromatic rings. The molecule has 104 valence electrons. The number of hydrogen-bond acceptors (Lipinski definition) is 4. The first-order chi connectivity index (χ1) is 9.86. The maximum atomic E-state index is 4.69. The van der Waals surface area contributed by atoms with E-state index in [2.05, 4.69) is 27.8 Å². The molecule has 1 aromatic carbocycles. The summed E-state index contributed by atoms with van der Waals surface area (Å²) >= 11 is 0. The van der Waals surface area contributed by atoms with Crippen molar-refractivity contribution in [2.75, 3.05) is 25.0 Å². The average molecular weight is 268 g/mol. The van der Waals surface area contributed by atoms with Crippen molar-refractivity contribution in [1.82, 2.24) is 14.9 Å². The molecular weight excluding hydrogens is 248 g/mol. The molecule has 1 aliphatic heterocycles. The molecule has 2 heterocycles. The van der Waals surface area contributed by atoms with Gasteiger partial charge in [-0.2, -0.15) is 0 Å². The lowest BCUT2D eigenvalue weighted by atomic mass is 10.2. The van der Waals surface area contributed by atoms with Crippen molar-refractivity contribution in [2.45, 2.75) is 19.4 Å². The Bertz CT molecular complexity index is 602. The summed E-state index contributed by atoms with van der Waals surface area (Å²) in [6.07, 6.45) is 4.42. The molecule has 1 aromatic heterocycles. The van der Waals surface area contributed by atoms with E-state index < -0.39 is 0 Å². The molecule has 20 heavy (non-hydrogen) atoms. The molecule has 0 unspecified atom stereocenters. The topological polar surface area (TPSA) is 41.1 Å². The first kappa shape index (κ1) is 13.1. The van der Waals surface area contributed by atoms with E-state index in [-0.39, 0.29) is 0 Å². The van der Waals surface area contributed by atoms with Crippen molar-refractivity contribution < 1.29 is 0 Å². The minimum absolute atomic E-state index is 0.712. The van der Waals surface area contributed by atoms with Crippen molar-refractivity contribution in [2.24, 2.45) is 0 Å². The second-order valence-electron chi connectivity index (χ2n) is 5.16. The van der Waals surface area contributed by atoms with Crippen molar-refractivity contribution in [3.05, 3.63) is 42.7 Å². The fraction of sp³-hybridized carbons (Fsp3) is 0.375. The number of fused-ring (bicyclic) bond motifs is 1. The third-order valence-corrected chi connectivity index (χ3v) is 3.63. The van der Waals surface area contributed by atoms with Gasteiger partial charge in [0, 0.05) is 11.9 Å². The van der Waals surface area contributed by atoms with Gasteiger partial charge in [0.2, 0.25) is 0 Å². The molecule has 3 rings (SSSR count). The van der Waals surface area contributed by atoms with Crippen LogP contribution >= 0.6 is 0 Å². The van der Waals surface area contributed by atoms with Crippen molar-refractivity contribution in [3.8, 4) is 0 Å². The highest BCUT2D eigenvalue weighted by molar-refractivity contribution is 5.89. The SMILES string of the molecule is C=CCNc1nc(CN2CCCC2)nc2ccccc12. The lowest BCUT2D eigenvalue weighted by Crippen LogP contribution is -2.20. The minimum atomic E-state index is 0.712. The van der Waals surface area contributed by atoms with Gasteiger partial charge in [-0.25, -0.2) is 9.97 Å². The summed E-state index contributed by atoms with van der Waals surface area (Å²) in [6, 6.07) is 8.14. The van der Waals surface area contributed by atoms with E-state index >= 15 is 0 Å². The van der Waals surface area contributed by atoms with Crippen molar-refractivity contribution in [3.63, 3.8) is 0 Å². The Hall–Kier alpha value is -1.94. The molecule has 0 saturated carbocycles. The summed E-state index contributed by atoms with van der Waals surface area (Å²) < 4.78 is 0. The first-order valence-corrected chi connectivity index (χ1v) is 7.19. The maximum Gasteiger partial charge on any atom is 0.145 e. The Morgan fingerprint density at radius 2 is 2.00 bits per heavy atom. The molecule has 4 heteroatoms. The van der Waals surface area contributed by atoms with Crippen LogP contribution < -0.4 is 5.32 Å². The first-order valence-electron chi connectivity index (χ1n) is 7.19. The van der Waals surface area contributed by atoms with E-state index in [4.69, 9.17) is 4.98 Å². The van der Waals surface area contributed by atoms with E-state index in [1.165, 1.54) is 12.8 Å². The monoisotopic (exact) mass is 268 g/mol. The van der Waals surface area contributed by atoms with Crippen LogP contribution in [0.2, 0.25) is 0 Å². The molecule has 0 bridgehead atoms. The molecule has 1 N–H and O–H groups in total. The van der Waals surface area contributed by atoms with E-state index in [0.29, 0.717) is 6.54 Å². The van der Waals surface area contributed by atoms with Gasteiger partial charge < -0.3 is 5.32 Å². The highest BCUT2D eigenvalue weighted by atomic mass is 15.2. The number of nitrogens with zero attached hydrogens (tertiary/aromatic N) is 3. The maximum absolute atomic E-state index is 4.69. The summed E-state index contributed by atoms with van der Waals surface area (Å²) in [4.78, 5) is 11.8. The van der Waals surface area contributed by atoms with Crippen molar-refractivity contribution >= 4 is 16.7 Å². The van der Waals surface area contributed by atoms with E-state index in [9.17, 15) is 0 Å². The zero-order chi connectivity index (χ0) is 13.8. The highest BCUT2D eigenvalue weighted by Gasteiger charge is 2.14. The van der Waals surface area contributed by atoms with Crippen LogP contribution in [0.3, 0.4) is 0 Å². The average Bonchev–Trinajstić information content (AvgIpc) is 2.97. The van der Waals surface area contributed by atoms with Crippen LogP contribution in [0.25, 0.3) is 10.9 Å². The number of rotatable bonds is 5. The van der Waals surface area contributed by atoms with Crippen LogP contribution in [0.4, 0.5) is 5.82 Å². The molecule has 0 aliphatic carbocycles. The Morgan fingerprint density at radius 1 is 1.20 bits per heavy atom. The summed E-state index contributed by atoms with van der Waals surface area (Å²) in [7, 11) is 0. The van der Waals surface area contributed by atoms with E-state index in [0.717, 1.165) is 42.2 Å². The molecule has 0 amide bonds. The molecule has 4 nitrogen and oxygen atoms in total. The normalized spacial score (nSPS) is 15.6. The third kappa shape index (κ3) is 2.80. The van der Waals surface area contributed by atoms with Crippen molar-refractivity contribution in [1.29, 1.82) is 0 Å². The number of likely N-dealkylation sites (tertiary alicyclic amines) is 1. The van der Waals surface area contributed by atoms with Gasteiger partial charge in [-0.1, -0.05) is 18.2 Å². The second kappa shape index (κ2) is 6.01. The predicted octanol–water partition coefficient (Wildman–Crippen LogP) is 2.82. The zero-order valence-electron chi connectivity index (χ0n) is 11.7. The molecule has 1 saturated heterocycles. The smallest absolute Gasteiger partial charge is 0.145 e. The van der Waals surface area contributed by atoms with Gasteiger partial charge in [-0.05, 0) is 38.1 Å².